The van der Waals surface area contributed by atoms with Crippen LogP contribution >= 0.6 is 11.6 Å². The second-order valence-electron chi connectivity index (χ2n) is 6.73. The third-order valence-electron chi connectivity index (χ3n) is 4.77. The molecule has 128 valence electrons. The summed E-state index contributed by atoms with van der Waals surface area (Å²) in [6, 6.07) is 6.12. The molecule has 2 fully saturated rings. The average molecular weight is 348 g/mol. The zero-order valence-corrected chi connectivity index (χ0v) is 14.5. The van der Waals surface area contributed by atoms with Crippen molar-refractivity contribution in [3.63, 3.8) is 0 Å². The quantitative estimate of drug-likeness (QED) is 0.874. The predicted octanol–water partition coefficient (Wildman–Crippen LogP) is 1.28. The zero-order chi connectivity index (χ0) is 16.7. The number of hydrogen-bond acceptors (Lipinski definition) is 4. The van der Waals surface area contributed by atoms with Crippen LogP contribution in [0.3, 0.4) is 0 Å². The second kappa shape index (κ2) is 6.35. The van der Waals surface area contributed by atoms with Crippen LogP contribution in [0.5, 0.6) is 0 Å². The SMILES string of the molecule is Cn1nc(CN2CCN[C@H](C(=O)NC3CC3)C2)c2c(Cl)cccc21. The minimum Gasteiger partial charge on any atom is -0.352 e. The van der Waals surface area contributed by atoms with Crippen molar-refractivity contribution < 1.29 is 4.79 Å². The molecule has 2 heterocycles. The van der Waals surface area contributed by atoms with Crippen LogP contribution in [0, 0.1) is 0 Å². The molecule has 1 saturated heterocycles. The minimum absolute atomic E-state index is 0.117. The molecule has 1 atom stereocenters. The maximum absolute atomic E-state index is 12.3. The molecule has 1 aromatic carbocycles. The summed E-state index contributed by atoms with van der Waals surface area (Å²) >= 11 is 6.39. The lowest BCUT2D eigenvalue weighted by Crippen LogP contribution is -2.57. The van der Waals surface area contributed by atoms with Crippen molar-refractivity contribution in [2.24, 2.45) is 7.05 Å². The highest BCUT2D eigenvalue weighted by Gasteiger charge is 2.30. The first-order chi connectivity index (χ1) is 11.6. The summed E-state index contributed by atoms with van der Waals surface area (Å²) in [5.74, 6) is 0.117. The van der Waals surface area contributed by atoms with Crippen LogP contribution in [0.15, 0.2) is 18.2 Å². The molecule has 2 N–H and O–H groups in total. The maximum Gasteiger partial charge on any atom is 0.238 e. The fourth-order valence-corrected chi connectivity index (χ4v) is 3.61. The van der Waals surface area contributed by atoms with E-state index in [1.807, 2.05) is 29.9 Å². The predicted molar refractivity (Wildman–Crippen MR) is 94.0 cm³/mol. The van der Waals surface area contributed by atoms with Crippen molar-refractivity contribution in [3.8, 4) is 0 Å². The van der Waals surface area contributed by atoms with Crippen LogP contribution in [0.1, 0.15) is 18.5 Å². The van der Waals surface area contributed by atoms with Gasteiger partial charge in [0.25, 0.3) is 0 Å². The van der Waals surface area contributed by atoms with Crippen molar-refractivity contribution in [3.05, 3.63) is 28.9 Å². The van der Waals surface area contributed by atoms with Crippen molar-refractivity contribution in [2.45, 2.75) is 31.5 Å². The molecule has 1 saturated carbocycles. The van der Waals surface area contributed by atoms with Crippen molar-refractivity contribution in [2.75, 3.05) is 19.6 Å². The molecule has 7 heteroatoms. The van der Waals surface area contributed by atoms with E-state index in [1.165, 1.54) is 0 Å². The van der Waals surface area contributed by atoms with Crippen LogP contribution in [0.25, 0.3) is 10.9 Å². The van der Waals surface area contributed by atoms with Crippen LogP contribution in [0.2, 0.25) is 5.02 Å². The molecule has 1 aliphatic carbocycles. The number of amides is 1. The topological polar surface area (TPSA) is 62.2 Å². The highest BCUT2D eigenvalue weighted by atomic mass is 35.5. The lowest BCUT2D eigenvalue weighted by atomic mass is 10.1. The highest BCUT2D eigenvalue weighted by molar-refractivity contribution is 6.35. The summed E-state index contributed by atoms with van der Waals surface area (Å²) in [7, 11) is 1.94. The summed E-state index contributed by atoms with van der Waals surface area (Å²) in [5, 5.41) is 12.8. The number of piperazine rings is 1. The number of halogens is 1. The third kappa shape index (κ3) is 3.14. The molecule has 0 unspecified atom stereocenters. The number of carbonyl (C=O) groups is 1. The number of rotatable bonds is 4. The molecule has 1 aliphatic heterocycles. The molecule has 24 heavy (non-hydrogen) atoms. The van der Waals surface area contributed by atoms with Gasteiger partial charge in [0.05, 0.1) is 22.3 Å². The number of aromatic nitrogens is 2. The summed E-state index contributed by atoms with van der Waals surface area (Å²) < 4.78 is 1.87. The van der Waals surface area contributed by atoms with Gasteiger partial charge in [0.2, 0.25) is 5.91 Å². The Kier molecular flexibility index (Phi) is 4.20. The maximum atomic E-state index is 12.3. The second-order valence-corrected chi connectivity index (χ2v) is 7.14. The Labute approximate surface area is 146 Å². The van der Waals surface area contributed by atoms with E-state index in [1.54, 1.807) is 0 Å². The van der Waals surface area contributed by atoms with Crippen LogP contribution in [-0.4, -0.2) is 52.3 Å². The third-order valence-corrected chi connectivity index (χ3v) is 5.09. The Morgan fingerprint density at radius 3 is 3.08 bits per heavy atom. The highest BCUT2D eigenvalue weighted by Crippen LogP contribution is 2.27. The first-order valence-corrected chi connectivity index (χ1v) is 8.86. The van der Waals surface area contributed by atoms with E-state index in [0.29, 0.717) is 19.1 Å². The monoisotopic (exact) mass is 347 g/mol. The summed E-state index contributed by atoms with van der Waals surface area (Å²) in [5.41, 5.74) is 2.01. The van der Waals surface area contributed by atoms with Gasteiger partial charge in [-0.25, -0.2) is 0 Å². The Morgan fingerprint density at radius 1 is 1.46 bits per heavy atom. The fraction of sp³-hybridized carbons (Fsp3) is 0.529. The zero-order valence-electron chi connectivity index (χ0n) is 13.8. The van der Waals surface area contributed by atoms with Crippen molar-refractivity contribution >= 4 is 28.4 Å². The molecule has 1 amide bonds. The van der Waals surface area contributed by atoms with E-state index < -0.39 is 0 Å². The first-order valence-electron chi connectivity index (χ1n) is 8.48. The molecule has 0 bridgehead atoms. The van der Waals surface area contributed by atoms with Gasteiger partial charge in [0.1, 0.15) is 0 Å². The van der Waals surface area contributed by atoms with E-state index in [2.05, 4.69) is 20.6 Å². The van der Waals surface area contributed by atoms with E-state index in [4.69, 9.17) is 11.6 Å². The summed E-state index contributed by atoms with van der Waals surface area (Å²) in [4.78, 5) is 14.6. The largest absolute Gasteiger partial charge is 0.352 e. The molecule has 4 rings (SSSR count). The number of nitrogens with zero attached hydrogens (tertiary/aromatic N) is 3. The standard InChI is InChI=1S/C17H22ClN5O/c1-22-15-4-2-3-12(18)16(15)13(21-22)9-23-8-7-19-14(10-23)17(24)20-11-5-6-11/h2-4,11,14,19H,5-10H2,1H3,(H,20,24)/t14-/m0/s1. The van der Waals surface area contributed by atoms with E-state index in [9.17, 15) is 4.79 Å². The lowest BCUT2D eigenvalue weighted by molar-refractivity contribution is -0.124. The van der Waals surface area contributed by atoms with Crippen molar-refractivity contribution in [1.29, 1.82) is 0 Å². The van der Waals surface area contributed by atoms with Crippen LogP contribution < -0.4 is 10.6 Å². The van der Waals surface area contributed by atoms with Crippen molar-refractivity contribution in [1.82, 2.24) is 25.3 Å². The van der Waals surface area contributed by atoms with E-state index in [0.717, 1.165) is 47.6 Å². The van der Waals surface area contributed by atoms with Gasteiger partial charge in [-0.1, -0.05) is 17.7 Å². The van der Waals surface area contributed by atoms with Gasteiger partial charge in [-0.3, -0.25) is 14.4 Å². The van der Waals surface area contributed by atoms with Gasteiger partial charge < -0.3 is 10.6 Å². The molecule has 1 aromatic heterocycles. The minimum atomic E-state index is -0.148. The molecule has 2 aliphatic rings. The molecule has 6 nitrogen and oxygen atoms in total. The van der Waals surface area contributed by atoms with Gasteiger partial charge in [-0.2, -0.15) is 5.10 Å². The number of fused-ring (bicyclic) bond motifs is 1. The molecule has 0 spiro atoms. The average Bonchev–Trinajstić information content (AvgIpc) is 3.32. The molecular formula is C17H22ClN5O. The number of hydrogen-bond donors (Lipinski definition) is 2. The summed E-state index contributed by atoms with van der Waals surface area (Å²) in [6.45, 7) is 3.11. The number of benzene rings is 1. The van der Waals surface area contributed by atoms with Gasteiger partial charge >= 0.3 is 0 Å². The van der Waals surface area contributed by atoms with Gasteiger partial charge in [-0.15, -0.1) is 0 Å². The van der Waals surface area contributed by atoms with Crippen LogP contribution in [0.4, 0.5) is 0 Å². The number of carbonyl (C=O) groups excluding carboxylic acids is 1. The normalized spacial score (nSPS) is 22.0. The van der Waals surface area contributed by atoms with Gasteiger partial charge in [-0.05, 0) is 25.0 Å². The number of nitrogens with one attached hydrogen (secondary N) is 2. The smallest absolute Gasteiger partial charge is 0.238 e. The van der Waals surface area contributed by atoms with Gasteiger partial charge in [0, 0.05) is 44.7 Å². The fourth-order valence-electron chi connectivity index (χ4n) is 3.34. The Balaban J connectivity index is 1.49. The Bertz CT molecular complexity index is 770. The number of aryl methyl sites for hydroxylation is 1. The Morgan fingerprint density at radius 2 is 2.29 bits per heavy atom. The van der Waals surface area contributed by atoms with Gasteiger partial charge in [0.15, 0.2) is 0 Å². The first kappa shape index (κ1) is 15.9. The lowest BCUT2D eigenvalue weighted by Gasteiger charge is -2.32. The van der Waals surface area contributed by atoms with E-state index in [-0.39, 0.29) is 11.9 Å². The Hall–Kier alpha value is -1.63. The van der Waals surface area contributed by atoms with E-state index >= 15 is 0 Å². The summed E-state index contributed by atoms with van der Waals surface area (Å²) in [6.07, 6.45) is 2.22. The molecule has 0 radical (unpaired) electrons. The molecule has 2 aromatic rings. The molecular weight excluding hydrogens is 326 g/mol. The van der Waals surface area contributed by atoms with Crippen LogP contribution in [-0.2, 0) is 18.4 Å².